The zero-order chi connectivity index (χ0) is 25.8. The number of hydrogen-bond acceptors (Lipinski definition) is 3. The molecule has 35 heavy (non-hydrogen) atoms. The summed E-state index contributed by atoms with van der Waals surface area (Å²) in [6.45, 7) is 3.46. The normalized spacial score (nSPS) is 16.3. The first-order valence-corrected chi connectivity index (χ1v) is 12.4. The molecule has 1 amide bonds. The molecule has 3 rings (SSSR count). The predicted octanol–water partition coefficient (Wildman–Crippen LogP) is 7.14. The van der Waals surface area contributed by atoms with Crippen molar-refractivity contribution >= 4 is 51.1 Å². The van der Waals surface area contributed by atoms with E-state index in [0.717, 1.165) is 32.0 Å². The highest BCUT2D eigenvalue weighted by atomic mass is 79.9. The van der Waals surface area contributed by atoms with Crippen molar-refractivity contribution in [3.63, 3.8) is 0 Å². The van der Waals surface area contributed by atoms with Crippen LogP contribution in [0.15, 0.2) is 40.9 Å². The number of halogens is 6. The Labute approximate surface area is 220 Å². The third-order valence-electron chi connectivity index (χ3n) is 5.88. The van der Waals surface area contributed by atoms with Crippen molar-refractivity contribution in [1.82, 2.24) is 10.2 Å². The van der Waals surface area contributed by atoms with Crippen LogP contribution < -0.4 is 5.32 Å². The number of amides is 1. The fourth-order valence-corrected chi connectivity index (χ4v) is 4.93. The van der Waals surface area contributed by atoms with Gasteiger partial charge in [-0.15, -0.1) is 0 Å². The van der Waals surface area contributed by atoms with E-state index >= 15 is 0 Å². The number of nitrogens with zero attached hydrogens (tertiary/aromatic N) is 2. The van der Waals surface area contributed by atoms with E-state index in [1.165, 1.54) is 18.2 Å². The number of nitrogens with one attached hydrogen (secondary N) is 1. The maximum Gasteiger partial charge on any atom is 0.399 e. The van der Waals surface area contributed by atoms with Gasteiger partial charge < -0.3 is 5.32 Å². The predicted molar refractivity (Wildman–Crippen MR) is 136 cm³/mol. The second-order valence-electron chi connectivity index (χ2n) is 8.43. The first kappa shape index (κ1) is 27.5. The molecule has 4 nitrogen and oxygen atoms in total. The first-order chi connectivity index (χ1) is 16.5. The van der Waals surface area contributed by atoms with Crippen LogP contribution in [0, 0.1) is 18.3 Å². The highest BCUT2D eigenvalue weighted by molar-refractivity contribution is 9.10. The molecule has 1 atom stereocenters. The molecule has 0 bridgehead atoms. The average molecular weight is 589 g/mol. The summed E-state index contributed by atoms with van der Waals surface area (Å²) in [5.41, 5.74) is 1.36. The highest BCUT2D eigenvalue weighted by Crippen LogP contribution is 2.39. The van der Waals surface area contributed by atoms with Gasteiger partial charge in [0.1, 0.15) is 0 Å². The molecule has 1 aliphatic rings. The Morgan fingerprint density at radius 3 is 2.54 bits per heavy atom. The third kappa shape index (κ3) is 7.23. The van der Waals surface area contributed by atoms with Crippen LogP contribution in [0.25, 0.3) is 6.08 Å². The molecule has 0 spiro atoms. The first-order valence-electron chi connectivity index (χ1n) is 10.9. The monoisotopic (exact) mass is 587 g/mol. The number of likely N-dealkylation sites (tertiary alicyclic amines) is 1. The number of allylic oxidation sites excluding steroid dienone is 1. The van der Waals surface area contributed by atoms with E-state index in [4.69, 9.17) is 28.5 Å². The van der Waals surface area contributed by atoms with E-state index in [1.54, 1.807) is 25.1 Å². The third-order valence-corrected chi connectivity index (χ3v) is 7.43. The molecular weight excluding hydrogens is 566 g/mol. The molecular formula is C25H23BrCl2F3N3O. The van der Waals surface area contributed by atoms with Crippen molar-refractivity contribution < 1.29 is 18.0 Å². The molecule has 10 heteroatoms. The van der Waals surface area contributed by atoms with Gasteiger partial charge in [0.15, 0.2) is 0 Å². The number of carbonyl (C=O) groups excluding carboxylic acids is 1. The summed E-state index contributed by atoms with van der Waals surface area (Å²) in [5.74, 6) is -2.13. The van der Waals surface area contributed by atoms with Crippen LogP contribution in [-0.4, -0.2) is 42.7 Å². The summed E-state index contributed by atoms with van der Waals surface area (Å²) in [6, 6.07) is 9.52. The van der Waals surface area contributed by atoms with Crippen molar-refractivity contribution in [3.05, 3.63) is 73.2 Å². The van der Waals surface area contributed by atoms with Gasteiger partial charge in [-0.3, -0.25) is 9.69 Å². The van der Waals surface area contributed by atoms with Gasteiger partial charge in [0.25, 0.3) is 5.91 Å². The molecule has 1 unspecified atom stereocenters. The van der Waals surface area contributed by atoms with Gasteiger partial charge in [0.2, 0.25) is 0 Å². The van der Waals surface area contributed by atoms with Crippen LogP contribution >= 0.6 is 39.1 Å². The maximum atomic E-state index is 13.8. The number of hydrogen-bond donors (Lipinski definition) is 1. The molecule has 1 fully saturated rings. The molecule has 2 aromatic carbocycles. The second-order valence-corrected chi connectivity index (χ2v) is 10.1. The van der Waals surface area contributed by atoms with E-state index in [9.17, 15) is 18.0 Å². The average Bonchev–Trinajstić information content (AvgIpc) is 2.78. The number of nitriles is 1. The number of alkyl halides is 3. The molecule has 1 heterocycles. The van der Waals surface area contributed by atoms with Gasteiger partial charge in [-0.2, -0.15) is 18.4 Å². The SMILES string of the molecule is Cc1cc(C(/C=C/c2ccc(C(=O)NC3CCN(CC#N)CC3)c(Br)c2)C(F)(F)F)cc(Cl)c1Cl. The Kier molecular flexibility index (Phi) is 9.28. The quantitative estimate of drug-likeness (QED) is 0.365. The summed E-state index contributed by atoms with van der Waals surface area (Å²) in [6.07, 6.45) is -0.597. The largest absolute Gasteiger partial charge is 0.399 e. The van der Waals surface area contributed by atoms with E-state index in [-0.39, 0.29) is 27.6 Å². The Morgan fingerprint density at radius 1 is 1.29 bits per heavy atom. The fraction of sp³-hybridized carbons (Fsp3) is 0.360. The van der Waals surface area contributed by atoms with Crippen molar-refractivity contribution in [3.8, 4) is 6.07 Å². The second kappa shape index (κ2) is 11.8. The van der Waals surface area contributed by atoms with Crippen LogP contribution in [0.2, 0.25) is 10.0 Å². The Balaban J connectivity index is 1.73. The molecule has 2 aromatic rings. The molecule has 1 N–H and O–H groups in total. The fourth-order valence-electron chi connectivity index (χ4n) is 3.97. The van der Waals surface area contributed by atoms with Crippen LogP contribution in [0.4, 0.5) is 13.2 Å². The van der Waals surface area contributed by atoms with Gasteiger partial charge in [-0.05, 0) is 70.6 Å². The van der Waals surface area contributed by atoms with E-state index in [1.807, 2.05) is 4.90 Å². The number of benzene rings is 2. The summed E-state index contributed by atoms with van der Waals surface area (Å²) in [7, 11) is 0. The topological polar surface area (TPSA) is 56.1 Å². The number of aryl methyl sites for hydroxylation is 1. The summed E-state index contributed by atoms with van der Waals surface area (Å²) in [5, 5.41) is 12.1. The zero-order valence-corrected chi connectivity index (χ0v) is 21.9. The van der Waals surface area contributed by atoms with Crippen LogP contribution in [0.5, 0.6) is 0 Å². The molecule has 186 valence electrons. The van der Waals surface area contributed by atoms with Crippen molar-refractivity contribution in [2.45, 2.75) is 37.9 Å². The lowest BCUT2D eigenvalue weighted by molar-refractivity contribution is -0.139. The van der Waals surface area contributed by atoms with E-state index < -0.39 is 12.1 Å². The lowest BCUT2D eigenvalue weighted by Gasteiger charge is -2.30. The van der Waals surface area contributed by atoms with E-state index in [0.29, 0.717) is 27.7 Å². The maximum absolute atomic E-state index is 13.8. The minimum Gasteiger partial charge on any atom is -0.349 e. The van der Waals surface area contributed by atoms with Gasteiger partial charge in [-0.25, -0.2) is 0 Å². The molecule has 0 aromatic heterocycles. The Morgan fingerprint density at radius 2 is 1.97 bits per heavy atom. The Bertz CT molecular complexity index is 1130. The van der Waals surface area contributed by atoms with Gasteiger partial charge in [0, 0.05) is 23.6 Å². The minimum atomic E-state index is -4.53. The smallest absolute Gasteiger partial charge is 0.349 e. The van der Waals surface area contributed by atoms with E-state index in [2.05, 4.69) is 27.3 Å². The van der Waals surface area contributed by atoms with Gasteiger partial charge in [-0.1, -0.05) is 47.5 Å². The molecule has 1 aliphatic heterocycles. The lowest BCUT2D eigenvalue weighted by atomic mass is 9.95. The minimum absolute atomic E-state index is 0.00321. The molecule has 1 saturated heterocycles. The summed E-state index contributed by atoms with van der Waals surface area (Å²) in [4.78, 5) is 14.8. The van der Waals surface area contributed by atoms with Crippen LogP contribution in [0.3, 0.4) is 0 Å². The lowest BCUT2D eigenvalue weighted by Crippen LogP contribution is -2.44. The molecule has 0 radical (unpaired) electrons. The van der Waals surface area contributed by atoms with Crippen LogP contribution in [-0.2, 0) is 0 Å². The standard InChI is InChI=1S/C25H23BrCl2F3N3O/c1-15-12-17(14-22(27)23(15)28)20(25(29,30)31)5-3-16-2-4-19(21(26)13-16)24(35)33-18-6-9-34(10-7-18)11-8-32/h2-5,12-14,18,20H,6-7,9-11H2,1H3,(H,33,35)/b5-3+. The summed E-state index contributed by atoms with van der Waals surface area (Å²) < 4.78 is 41.9. The van der Waals surface area contributed by atoms with Crippen molar-refractivity contribution in [2.24, 2.45) is 0 Å². The molecule has 0 saturated carbocycles. The number of rotatable bonds is 6. The number of piperidine rings is 1. The Hall–Kier alpha value is -2.05. The van der Waals surface area contributed by atoms with Gasteiger partial charge >= 0.3 is 6.18 Å². The highest BCUT2D eigenvalue weighted by Gasteiger charge is 2.39. The van der Waals surface area contributed by atoms with Gasteiger partial charge in [0.05, 0.1) is 34.1 Å². The zero-order valence-electron chi connectivity index (χ0n) is 18.8. The summed E-state index contributed by atoms with van der Waals surface area (Å²) >= 11 is 15.4. The number of carbonyl (C=O) groups is 1. The van der Waals surface area contributed by atoms with Crippen molar-refractivity contribution in [2.75, 3.05) is 19.6 Å². The van der Waals surface area contributed by atoms with Crippen LogP contribution in [0.1, 0.15) is 45.8 Å². The molecule has 0 aliphatic carbocycles. The van der Waals surface area contributed by atoms with Crippen molar-refractivity contribution in [1.29, 1.82) is 5.26 Å².